The second-order valence-corrected chi connectivity index (χ2v) is 3.58. The average Bonchev–Trinajstić information content (AvgIpc) is 2.26. The maximum Gasteiger partial charge on any atom is 0.344 e. The first kappa shape index (κ1) is 13.0. The lowest BCUT2D eigenvalue weighted by Crippen LogP contribution is -2.19. The van der Waals surface area contributed by atoms with Gasteiger partial charge in [-0.15, -0.1) is 0 Å². The van der Waals surface area contributed by atoms with Crippen molar-refractivity contribution in [1.29, 1.82) is 5.26 Å². The highest BCUT2D eigenvalue weighted by molar-refractivity contribution is 5.71. The molecular formula is C12H12FNO3. The van der Waals surface area contributed by atoms with E-state index in [1.165, 1.54) is 12.1 Å². The number of halogens is 1. The van der Waals surface area contributed by atoms with Crippen LogP contribution in [0.1, 0.15) is 19.4 Å². The maximum absolute atomic E-state index is 13.3. The Bertz CT molecular complexity index is 452. The lowest BCUT2D eigenvalue weighted by atomic mass is 10.2. The molecule has 17 heavy (non-hydrogen) atoms. The van der Waals surface area contributed by atoms with Gasteiger partial charge in [-0.1, -0.05) is 0 Å². The number of ether oxygens (including phenoxy) is 2. The smallest absolute Gasteiger partial charge is 0.344 e. The van der Waals surface area contributed by atoms with Crippen molar-refractivity contribution >= 4 is 5.97 Å². The molecule has 0 saturated heterocycles. The van der Waals surface area contributed by atoms with E-state index in [4.69, 9.17) is 14.7 Å². The van der Waals surface area contributed by atoms with Crippen molar-refractivity contribution in [2.24, 2.45) is 0 Å². The molecule has 0 bridgehead atoms. The molecule has 1 rings (SSSR count). The number of nitrogens with zero attached hydrogens (tertiary/aromatic N) is 1. The van der Waals surface area contributed by atoms with Gasteiger partial charge in [-0.25, -0.2) is 9.18 Å². The van der Waals surface area contributed by atoms with Gasteiger partial charge in [0.25, 0.3) is 0 Å². The molecule has 1 aromatic carbocycles. The summed E-state index contributed by atoms with van der Waals surface area (Å²) in [5, 5.41) is 8.54. The standard InChI is InChI=1S/C12H12FNO3/c1-8(2)17-12(15)7-16-11-4-3-9(6-14)5-10(11)13/h3-5,8H,7H2,1-2H3. The van der Waals surface area contributed by atoms with Gasteiger partial charge in [-0.2, -0.15) is 5.26 Å². The molecule has 0 N–H and O–H groups in total. The summed E-state index contributed by atoms with van der Waals surface area (Å²) < 4.78 is 23.1. The molecule has 0 aliphatic heterocycles. The SMILES string of the molecule is CC(C)OC(=O)COc1ccc(C#N)cc1F. The van der Waals surface area contributed by atoms with Gasteiger partial charge in [0.15, 0.2) is 18.2 Å². The molecule has 4 nitrogen and oxygen atoms in total. The zero-order chi connectivity index (χ0) is 12.8. The van der Waals surface area contributed by atoms with E-state index in [1.807, 2.05) is 0 Å². The third-order valence-electron chi connectivity index (χ3n) is 1.77. The van der Waals surface area contributed by atoms with E-state index >= 15 is 0 Å². The normalized spacial score (nSPS) is 9.82. The number of rotatable bonds is 4. The van der Waals surface area contributed by atoms with E-state index in [0.717, 1.165) is 6.07 Å². The minimum absolute atomic E-state index is 0.0790. The number of carbonyl (C=O) groups is 1. The fourth-order valence-corrected chi connectivity index (χ4v) is 1.12. The maximum atomic E-state index is 13.3. The van der Waals surface area contributed by atoms with E-state index in [0.29, 0.717) is 0 Å². The summed E-state index contributed by atoms with van der Waals surface area (Å²) in [6.45, 7) is 3.06. The minimum Gasteiger partial charge on any atom is -0.479 e. The Hall–Kier alpha value is -2.09. The number of hydrogen-bond donors (Lipinski definition) is 0. The molecule has 0 unspecified atom stereocenters. The van der Waals surface area contributed by atoms with E-state index in [1.54, 1.807) is 19.9 Å². The predicted octanol–water partition coefficient (Wildman–Crippen LogP) is 2.03. The van der Waals surface area contributed by atoms with Crippen LogP contribution in [0.2, 0.25) is 0 Å². The van der Waals surface area contributed by atoms with E-state index < -0.39 is 11.8 Å². The summed E-state index contributed by atoms with van der Waals surface area (Å²) in [5.41, 5.74) is 0.194. The molecule has 0 spiro atoms. The molecule has 0 heterocycles. The Morgan fingerprint density at radius 3 is 2.76 bits per heavy atom. The molecule has 0 amide bonds. The van der Waals surface area contributed by atoms with Gasteiger partial charge < -0.3 is 9.47 Å². The monoisotopic (exact) mass is 237 g/mol. The Labute approximate surface area is 98.6 Å². The molecule has 0 aliphatic carbocycles. The van der Waals surface area contributed by atoms with Crippen LogP contribution in [0.5, 0.6) is 5.75 Å². The van der Waals surface area contributed by atoms with Crippen molar-refractivity contribution in [2.45, 2.75) is 20.0 Å². The van der Waals surface area contributed by atoms with Crippen molar-refractivity contribution in [2.75, 3.05) is 6.61 Å². The lowest BCUT2D eigenvalue weighted by molar-refractivity contribution is -0.149. The van der Waals surface area contributed by atoms with Crippen molar-refractivity contribution in [3.05, 3.63) is 29.6 Å². The van der Waals surface area contributed by atoms with Crippen LogP contribution in [0.4, 0.5) is 4.39 Å². The molecular weight excluding hydrogens is 225 g/mol. The molecule has 5 heteroatoms. The fourth-order valence-electron chi connectivity index (χ4n) is 1.12. The van der Waals surface area contributed by atoms with Crippen LogP contribution in [0.3, 0.4) is 0 Å². The van der Waals surface area contributed by atoms with Crippen LogP contribution in [0, 0.1) is 17.1 Å². The first-order valence-corrected chi connectivity index (χ1v) is 5.05. The van der Waals surface area contributed by atoms with Gasteiger partial charge in [0.1, 0.15) is 0 Å². The number of esters is 1. The van der Waals surface area contributed by atoms with Crippen molar-refractivity contribution in [3.8, 4) is 11.8 Å². The van der Waals surface area contributed by atoms with Crippen molar-refractivity contribution in [1.82, 2.24) is 0 Å². The van der Waals surface area contributed by atoms with Crippen molar-refractivity contribution in [3.63, 3.8) is 0 Å². The fraction of sp³-hybridized carbons (Fsp3) is 0.333. The highest BCUT2D eigenvalue weighted by atomic mass is 19.1. The summed E-state index contributed by atoms with van der Waals surface area (Å²) in [5.74, 6) is -1.32. The lowest BCUT2D eigenvalue weighted by Gasteiger charge is -2.09. The van der Waals surface area contributed by atoms with Crippen LogP contribution in [-0.2, 0) is 9.53 Å². The summed E-state index contributed by atoms with van der Waals surface area (Å²) in [4.78, 5) is 11.1. The van der Waals surface area contributed by atoms with Crippen molar-refractivity contribution < 1.29 is 18.7 Å². The zero-order valence-electron chi connectivity index (χ0n) is 9.57. The quantitative estimate of drug-likeness (QED) is 0.752. The largest absolute Gasteiger partial charge is 0.479 e. The van der Waals surface area contributed by atoms with Crippen LogP contribution < -0.4 is 4.74 Å². The summed E-state index contributed by atoms with van der Waals surface area (Å²) >= 11 is 0. The van der Waals surface area contributed by atoms with Gasteiger partial charge in [0, 0.05) is 0 Å². The number of hydrogen-bond acceptors (Lipinski definition) is 4. The third-order valence-corrected chi connectivity index (χ3v) is 1.77. The predicted molar refractivity (Wildman–Crippen MR) is 57.8 cm³/mol. The van der Waals surface area contributed by atoms with Gasteiger partial charge >= 0.3 is 5.97 Å². The van der Waals surface area contributed by atoms with Crippen LogP contribution >= 0.6 is 0 Å². The van der Waals surface area contributed by atoms with Gasteiger partial charge in [0.2, 0.25) is 0 Å². The summed E-state index contributed by atoms with van der Waals surface area (Å²) in [7, 11) is 0. The Morgan fingerprint density at radius 1 is 1.53 bits per heavy atom. The summed E-state index contributed by atoms with van der Waals surface area (Å²) in [6.07, 6.45) is -0.239. The van der Waals surface area contributed by atoms with Crippen LogP contribution in [-0.4, -0.2) is 18.7 Å². The number of nitriles is 1. The van der Waals surface area contributed by atoms with Gasteiger partial charge in [-0.3, -0.25) is 0 Å². The minimum atomic E-state index is -0.679. The molecule has 1 aromatic rings. The number of carbonyl (C=O) groups excluding carboxylic acids is 1. The highest BCUT2D eigenvalue weighted by Crippen LogP contribution is 2.17. The Morgan fingerprint density at radius 2 is 2.24 bits per heavy atom. The second-order valence-electron chi connectivity index (χ2n) is 3.58. The molecule has 0 saturated carbocycles. The van der Waals surface area contributed by atoms with Gasteiger partial charge in [-0.05, 0) is 32.0 Å². The average molecular weight is 237 g/mol. The Kier molecular flexibility index (Phi) is 4.46. The molecule has 0 atom stereocenters. The first-order valence-electron chi connectivity index (χ1n) is 5.05. The number of benzene rings is 1. The second kappa shape index (κ2) is 5.85. The van der Waals surface area contributed by atoms with E-state index in [-0.39, 0.29) is 24.0 Å². The molecule has 0 aromatic heterocycles. The topological polar surface area (TPSA) is 59.3 Å². The van der Waals surface area contributed by atoms with E-state index in [2.05, 4.69) is 0 Å². The molecule has 0 fully saturated rings. The molecule has 0 aliphatic rings. The van der Waals surface area contributed by atoms with E-state index in [9.17, 15) is 9.18 Å². The third kappa shape index (κ3) is 4.11. The summed E-state index contributed by atoms with van der Waals surface area (Å²) in [6, 6.07) is 5.55. The highest BCUT2D eigenvalue weighted by Gasteiger charge is 2.09. The zero-order valence-corrected chi connectivity index (χ0v) is 9.57. The van der Waals surface area contributed by atoms with Gasteiger partial charge in [0.05, 0.1) is 17.7 Å². The first-order chi connectivity index (χ1) is 8.02. The molecule has 0 radical (unpaired) electrons. The molecule has 90 valence electrons. The Balaban J connectivity index is 2.58. The van der Waals surface area contributed by atoms with Crippen LogP contribution in [0.15, 0.2) is 18.2 Å². The van der Waals surface area contributed by atoms with Crippen LogP contribution in [0.25, 0.3) is 0 Å².